The SMILES string of the molecule is COCCNc1oc(/C=C/c2cccc(OC)c2)nc1C#N. The molecule has 0 aliphatic rings. The fourth-order valence-corrected chi connectivity index (χ4v) is 1.78. The molecule has 2 aromatic rings. The maximum Gasteiger partial charge on any atom is 0.232 e. The number of hydrogen-bond donors (Lipinski definition) is 1. The van der Waals surface area contributed by atoms with Crippen LogP contribution in [-0.2, 0) is 4.74 Å². The number of methoxy groups -OCH3 is 2. The Balaban J connectivity index is 2.12. The normalized spacial score (nSPS) is 10.6. The topological polar surface area (TPSA) is 80.3 Å². The number of nitriles is 1. The van der Waals surface area contributed by atoms with Crippen molar-refractivity contribution in [3.8, 4) is 11.8 Å². The van der Waals surface area contributed by atoms with Gasteiger partial charge in [0.2, 0.25) is 17.5 Å². The zero-order valence-electron chi connectivity index (χ0n) is 12.5. The van der Waals surface area contributed by atoms with Gasteiger partial charge >= 0.3 is 0 Å². The van der Waals surface area contributed by atoms with E-state index >= 15 is 0 Å². The van der Waals surface area contributed by atoms with Gasteiger partial charge < -0.3 is 19.2 Å². The van der Waals surface area contributed by atoms with Crippen LogP contribution >= 0.6 is 0 Å². The standard InChI is InChI=1S/C16H17N3O3/c1-20-9-8-18-16-14(11-17)19-15(22-16)7-6-12-4-3-5-13(10-12)21-2/h3-7,10,18H,8-9H2,1-2H3/b7-6+. The van der Waals surface area contributed by atoms with Crippen molar-refractivity contribution in [3.05, 3.63) is 41.4 Å². The molecule has 1 aromatic heterocycles. The highest BCUT2D eigenvalue weighted by atomic mass is 16.5. The van der Waals surface area contributed by atoms with Crippen LogP contribution in [0.3, 0.4) is 0 Å². The van der Waals surface area contributed by atoms with Gasteiger partial charge in [-0.25, -0.2) is 0 Å². The third-order valence-electron chi connectivity index (χ3n) is 2.85. The van der Waals surface area contributed by atoms with Crippen LogP contribution in [-0.4, -0.2) is 32.4 Å². The van der Waals surface area contributed by atoms with E-state index in [1.54, 1.807) is 20.3 Å². The van der Waals surface area contributed by atoms with Gasteiger partial charge in [-0.2, -0.15) is 10.2 Å². The molecule has 0 aliphatic heterocycles. The van der Waals surface area contributed by atoms with E-state index in [2.05, 4.69) is 10.3 Å². The van der Waals surface area contributed by atoms with E-state index in [1.807, 2.05) is 36.4 Å². The molecule has 0 saturated carbocycles. The molecule has 0 saturated heterocycles. The van der Waals surface area contributed by atoms with Gasteiger partial charge in [0.1, 0.15) is 11.8 Å². The van der Waals surface area contributed by atoms with Gasteiger partial charge in [-0.1, -0.05) is 12.1 Å². The summed E-state index contributed by atoms with van der Waals surface area (Å²) in [6.07, 6.45) is 3.55. The summed E-state index contributed by atoms with van der Waals surface area (Å²) in [5.74, 6) is 1.48. The van der Waals surface area contributed by atoms with Gasteiger partial charge in [0.15, 0.2) is 0 Å². The summed E-state index contributed by atoms with van der Waals surface area (Å²) in [6.45, 7) is 1.06. The molecule has 1 heterocycles. The van der Waals surface area contributed by atoms with Crippen molar-refractivity contribution >= 4 is 18.0 Å². The number of nitrogens with one attached hydrogen (secondary N) is 1. The first-order chi connectivity index (χ1) is 10.8. The van der Waals surface area contributed by atoms with Crippen LogP contribution in [0.4, 0.5) is 5.88 Å². The first-order valence-electron chi connectivity index (χ1n) is 6.72. The highest BCUT2D eigenvalue weighted by Gasteiger charge is 2.10. The summed E-state index contributed by atoms with van der Waals surface area (Å²) >= 11 is 0. The Hall–Kier alpha value is -2.78. The third kappa shape index (κ3) is 4.11. The van der Waals surface area contributed by atoms with Crippen LogP contribution in [0, 0.1) is 11.3 Å². The largest absolute Gasteiger partial charge is 0.497 e. The molecular weight excluding hydrogens is 282 g/mol. The Morgan fingerprint density at radius 1 is 1.36 bits per heavy atom. The van der Waals surface area contributed by atoms with Crippen molar-refractivity contribution in [1.29, 1.82) is 5.26 Å². The summed E-state index contributed by atoms with van der Waals surface area (Å²) < 4.78 is 15.6. The number of hydrogen-bond acceptors (Lipinski definition) is 6. The molecule has 0 fully saturated rings. The molecule has 0 radical (unpaired) electrons. The summed E-state index contributed by atoms with van der Waals surface area (Å²) in [4.78, 5) is 4.12. The molecular formula is C16H17N3O3. The minimum absolute atomic E-state index is 0.224. The number of oxazole rings is 1. The fourth-order valence-electron chi connectivity index (χ4n) is 1.78. The molecule has 0 aliphatic carbocycles. The fraction of sp³-hybridized carbons (Fsp3) is 0.250. The maximum absolute atomic E-state index is 9.06. The van der Waals surface area contributed by atoms with E-state index in [9.17, 15) is 0 Å². The average Bonchev–Trinajstić information content (AvgIpc) is 2.96. The molecule has 114 valence electrons. The second-order valence-corrected chi connectivity index (χ2v) is 4.37. The summed E-state index contributed by atoms with van der Waals surface area (Å²) in [6, 6.07) is 9.59. The Bertz CT molecular complexity index is 686. The lowest BCUT2D eigenvalue weighted by atomic mass is 10.2. The van der Waals surface area contributed by atoms with Gasteiger partial charge in [-0.15, -0.1) is 0 Å². The highest BCUT2D eigenvalue weighted by molar-refractivity contribution is 5.67. The molecule has 1 aromatic carbocycles. The first kappa shape index (κ1) is 15.6. The lowest BCUT2D eigenvalue weighted by Gasteiger charge is -2.00. The Morgan fingerprint density at radius 2 is 2.23 bits per heavy atom. The summed E-state index contributed by atoms with van der Waals surface area (Å²) in [7, 11) is 3.23. The Labute approximate surface area is 129 Å². The monoisotopic (exact) mass is 299 g/mol. The van der Waals surface area contributed by atoms with Crippen molar-refractivity contribution in [2.45, 2.75) is 0 Å². The minimum Gasteiger partial charge on any atom is -0.497 e. The van der Waals surface area contributed by atoms with Crippen molar-refractivity contribution in [3.63, 3.8) is 0 Å². The quantitative estimate of drug-likeness (QED) is 0.792. The molecule has 6 heteroatoms. The summed E-state index contributed by atoms with van der Waals surface area (Å²) in [5.41, 5.74) is 1.17. The third-order valence-corrected chi connectivity index (χ3v) is 2.85. The predicted octanol–water partition coefficient (Wildman–Crippen LogP) is 2.78. The second kappa shape index (κ2) is 7.86. The zero-order chi connectivity index (χ0) is 15.8. The lowest BCUT2D eigenvalue weighted by Crippen LogP contribution is -2.07. The van der Waals surface area contributed by atoms with Crippen LogP contribution in [0.5, 0.6) is 5.75 Å². The van der Waals surface area contributed by atoms with Crippen molar-refractivity contribution < 1.29 is 13.9 Å². The zero-order valence-corrected chi connectivity index (χ0v) is 12.5. The molecule has 0 unspecified atom stereocenters. The number of aromatic nitrogens is 1. The van der Waals surface area contributed by atoms with E-state index in [0.717, 1.165) is 11.3 Å². The molecule has 0 spiro atoms. The molecule has 1 N–H and O–H groups in total. The van der Waals surface area contributed by atoms with Crippen LogP contribution < -0.4 is 10.1 Å². The molecule has 0 bridgehead atoms. The smallest absolute Gasteiger partial charge is 0.232 e. The highest BCUT2D eigenvalue weighted by Crippen LogP contribution is 2.19. The number of nitrogens with zero attached hydrogens (tertiary/aromatic N) is 2. The van der Waals surface area contributed by atoms with Crippen LogP contribution in [0.1, 0.15) is 17.1 Å². The number of benzene rings is 1. The molecule has 2 rings (SSSR count). The van der Waals surface area contributed by atoms with Crippen molar-refractivity contribution in [1.82, 2.24) is 4.98 Å². The van der Waals surface area contributed by atoms with E-state index in [1.165, 1.54) is 0 Å². The lowest BCUT2D eigenvalue weighted by molar-refractivity contribution is 0.210. The number of rotatable bonds is 7. The Morgan fingerprint density at radius 3 is 2.95 bits per heavy atom. The maximum atomic E-state index is 9.06. The van der Waals surface area contributed by atoms with Gasteiger partial charge in [0.05, 0.1) is 13.7 Å². The van der Waals surface area contributed by atoms with Gasteiger partial charge in [0, 0.05) is 19.7 Å². The van der Waals surface area contributed by atoms with Crippen molar-refractivity contribution in [2.24, 2.45) is 0 Å². The van der Waals surface area contributed by atoms with E-state index in [4.69, 9.17) is 19.2 Å². The minimum atomic E-state index is 0.224. The molecule has 0 amide bonds. The van der Waals surface area contributed by atoms with E-state index in [-0.39, 0.29) is 5.69 Å². The molecule has 6 nitrogen and oxygen atoms in total. The van der Waals surface area contributed by atoms with Crippen LogP contribution in [0.2, 0.25) is 0 Å². The van der Waals surface area contributed by atoms with Crippen LogP contribution in [0.15, 0.2) is 28.7 Å². The molecule has 0 atom stereocenters. The van der Waals surface area contributed by atoms with E-state index < -0.39 is 0 Å². The van der Waals surface area contributed by atoms with Gasteiger partial charge in [-0.05, 0) is 23.8 Å². The average molecular weight is 299 g/mol. The first-order valence-corrected chi connectivity index (χ1v) is 6.72. The predicted molar refractivity (Wildman–Crippen MR) is 83.5 cm³/mol. The van der Waals surface area contributed by atoms with Crippen molar-refractivity contribution in [2.75, 3.05) is 32.7 Å². The number of anilines is 1. The molecule has 22 heavy (non-hydrogen) atoms. The number of ether oxygens (including phenoxy) is 2. The van der Waals surface area contributed by atoms with E-state index in [0.29, 0.717) is 24.9 Å². The second-order valence-electron chi connectivity index (χ2n) is 4.37. The van der Waals surface area contributed by atoms with Crippen LogP contribution in [0.25, 0.3) is 12.2 Å². The Kier molecular flexibility index (Phi) is 5.57. The summed E-state index contributed by atoms with van der Waals surface area (Å²) in [5, 5.41) is 12.0. The van der Waals surface area contributed by atoms with Gasteiger partial charge in [0.25, 0.3) is 0 Å². The van der Waals surface area contributed by atoms with Gasteiger partial charge in [-0.3, -0.25) is 0 Å².